The number of carbonyl (C=O) groups excluding carboxylic acids is 4. The number of hydrogen-bond donors (Lipinski definition) is 0. The van der Waals surface area contributed by atoms with Crippen LogP contribution in [-0.2, 0) is 47.6 Å². The molecule has 1 heterocycles. The molecule has 11 nitrogen and oxygen atoms in total. The Balaban J connectivity index is 2.67. The second-order valence-electron chi connectivity index (χ2n) is 15.9. The summed E-state index contributed by atoms with van der Waals surface area (Å²) in [6, 6.07) is 0. The molecule has 0 saturated carbocycles. The highest BCUT2D eigenvalue weighted by molar-refractivity contribution is 5.76. The Morgan fingerprint density at radius 2 is 0.981 bits per heavy atom. The number of rotatable bonds is 33. The monoisotopic (exact) mass is 770 g/mol. The Labute approximate surface area is 328 Å². The minimum absolute atomic E-state index is 0.00280. The number of likely N-dealkylation sites (tertiary alicyclic amines) is 1. The topological polar surface area (TPSA) is 127 Å². The lowest BCUT2D eigenvalue weighted by atomic mass is 9.80. The molecule has 1 fully saturated rings. The van der Waals surface area contributed by atoms with E-state index in [9.17, 15) is 19.2 Å². The summed E-state index contributed by atoms with van der Waals surface area (Å²) in [4.78, 5) is 52.0. The van der Waals surface area contributed by atoms with Gasteiger partial charge in [-0.2, -0.15) is 0 Å². The molecule has 0 spiro atoms. The molecule has 316 valence electrons. The number of carbonyl (C=O) groups is 4. The van der Waals surface area contributed by atoms with Crippen molar-refractivity contribution in [2.75, 3.05) is 60.3 Å². The number of methoxy groups -OCH3 is 1. The highest BCUT2D eigenvalue weighted by Crippen LogP contribution is 2.32. The first-order valence-corrected chi connectivity index (χ1v) is 21.5. The number of esters is 4. The summed E-state index contributed by atoms with van der Waals surface area (Å²) in [7, 11) is 3.42. The van der Waals surface area contributed by atoms with Crippen LogP contribution in [0, 0.1) is 23.2 Å². The van der Waals surface area contributed by atoms with E-state index in [1.807, 2.05) is 14.0 Å². The Kier molecular flexibility index (Phi) is 28.5. The van der Waals surface area contributed by atoms with Gasteiger partial charge in [0.2, 0.25) is 0 Å². The van der Waals surface area contributed by atoms with Gasteiger partial charge < -0.3 is 33.3 Å². The van der Waals surface area contributed by atoms with E-state index < -0.39 is 11.3 Å². The first-order chi connectivity index (χ1) is 26.0. The molecule has 1 saturated heterocycles. The van der Waals surface area contributed by atoms with Gasteiger partial charge in [-0.3, -0.25) is 19.2 Å². The molecule has 1 aliphatic rings. The molecule has 11 heteroatoms. The molecule has 1 aliphatic heterocycles. The lowest BCUT2D eigenvalue weighted by molar-refractivity contribution is -0.164. The Morgan fingerprint density at radius 3 is 1.43 bits per heavy atom. The van der Waals surface area contributed by atoms with Gasteiger partial charge >= 0.3 is 23.9 Å². The maximum Gasteiger partial charge on any atom is 0.311 e. The van der Waals surface area contributed by atoms with Crippen molar-refractivity contribution in [3.8, 4) is 0 Å². The molecular formula is C43H79NO10. The molecule has 54 heavy (non-hydrogen) atoms. The predicted molar refractivity (Wildman–Crippen MR) is 212 cm³/mol. The summed E-state index contributed by atoms with van der Waals surface area (Å²) >= 11 is 0. The molecule has 0 aromatic rings. The highest BCUT2D eigenvalue weighted by Gasteiger charge is 2.38. The van der Waals surface area contributed by atoms with Crippen LogP contribution in [-0.4, -0.2) is 95.3 Å². The van der Waals surface area contributed by atoms with Crippen molar-refractivity contribution in [1.29, 1.82) is 0 Å². The van der Waals surface area contributed by atoms with Gasteiger partial charge in [0, 0.05) is 19.3 Å². The smallest absolute Gasteiger partial charge is 0.311 e. The minimum atomic E-state index is -0.566. The fourth-order valence-electron chi connectivity index (χ4n) is 6.93. The summed E-state index contributed by atoms with van der Waals surface area (Å²) in [5.41, 5.74) is -0.566. The largest absolute Gasteiger partial charge is 0.469 e. The quantitative estimate of drug-likeness (QED) is 0.0275. The summed E-state index contributed by atoms with van der Waals surface area (Å²) in [5.74, 6) is -0.582. The van der Waals surface area contributed by atoms with Gasteiger partial charge in [0.1, 0.15) is 19.8 Å². The van der Waals surface area contributed by atoms with E-state index >= 15 is 0 Å². The Morgan fingerprint density at radius 1 is 0.556 bits per heavy atom. The molecule has 0 amide bonds. The van der Waals surface area contributed by atoms with Gasteiger partial charge in [-0.1, -0.05) is 66.2 Å². The van der Waals surface area contributed by atoms with Crippen LogP contribution in [0.3, 0.4) is 0 Å². The SMILES string of the molecule is CCCC(CCC)COC(CCCCC(=O)OCC(COC(=O)CCCCCCC(=O)OC)COC(=O)C1(C)CCN(C)CC1)OCC(CCC)CCC. The van der Waals surface area contributed by atoms with E-state index in [4.69, 9.17) is 23.7 Å². The van der Waals surface area contributed by atoms with Crippen LogP contribution in [0.4, 0.5) is 0 Å². The maximum atomic E-state index is 13.1. The summed E-state index contributed by atoms with van der Waals surface area (Å²) in [5, 5.41) is 0. The van der Waals surface area contributed by atoms with Crippen molar-refractivity contribution in [2.45, 2.75) is 169 Å². The first kappa shape index (κ1) is 49.8. The van der Waals surface area contributed by atoms with Gasteiger partial charge in [-0.15, -0.1) is 0 Å². The second kappa shape index (κ2) is 30.9. The van der Waals surface area contributed by atoms with Gasteiger partial charge in [-0.05, 0) is 110 Å². The lowest BCUT2D eigenvalue weighted by Gasteiger charge is -2.36. The molecule has 0 aliphatic carbocycles. The standard InChI is InChI=1S/C43H79NO10/c1-8-18-35(19-9-2)30-52-41(53-31-36(20-10-3)21-11-4)25-17-16-24-40(47)51-33-37(34-54-42(48)43(5)26-28-44(6)29-27-43)32-50-39(46)23-15-13-12-14-22-38(45)49-7/h35-37,41H,8-34H2,1-7H3. The van der Waals surface area contributed by atoms with Gasteiger partial charge in [0.15, 0.2) is 6.29 Å². The van der Waals surface area contributed by atoms with Crippen LogP contribution in [0.1, 0.15) is 163 Å². The third kappa shape index (κ3) is 23.6. The van der Waals surface area contributed by atoms with Crippen molar-refractivity contribution < 1.29 is 47.6 Å². The summed E-state index contributed by atoms with van der Waals surface area (Å²) in [6.45, 7) is 13.8. The second-order valence-corrected chi connectivity index (χ2v) is 15.9. The van der Waals surface area contributed by atoms with Crippen LogP contribution in [0.5, 0.6) is 0 Å². The van der Waals surface area contributed by atoms with Crippen molar-refractivity contribution in [3.63, 3.8) is 0 Å². The zero-order valence-corrected chi connectivity index (χ0v) is 35.4. The molecular weight excluding hydrogens is 690 g/mol. The zero-order chi connectivity index (χ0) is 40.0. The van der Waals surface area contributed by atoms with Gasteiger partial charge in [0.05, 0.1) is 31.7 Å². The molecule has 0 aromatic heterocycles. The predicted octanol–water partition coefficient (Wildman–Crippen LogP) is 8.83. The van der Waals surface area contributed by atoms with Crippen LogP contribution in [0.25, 0.3) is 0 Å². The lowest BCUT2D eigenvalue weighted by Crippen LogP contribution is -2.42. The van der Waals surface area contributed by atoms with E-state index in [1.165, 1.54) is 7.11 Å². The number of hydrogen-bond acceptors (Lipinski definition) is 11. The normalized spacial score (nSPS) is 15.1. The van der Waals surface area contributed by atoms with Crippen LogP contribution in [0.15, 0.2) is 0 Å². The first-order valence-electron chi connectivity index (χ1n) is 21.5. The zero-order valence-electron chi connectivity index (χ0n) is 35.4. The van der Waals surface area contributed by atoms with Crippen molar-refractivity contribution >= 4 is 23.9 Å². The average molecular weight is 770 g/mol. The van der Waals surface area contributed by atoms with E-state index in [0.29, 0.717) is 57.2 Å². The van der Waals surface area contributed by atoms with Gasteiger partial charge in [-0.25, -0.2) is 0 Å². The highest BCUT2D eigenvalue weighted by atomic mass is 16.7. The van der Waals surface area contributed by atoms with Crippen molar-refractivity contribution in [3.05, 3.63) is 0 Å². The minimum Gasteiger partial charge on any atom is -0.469 e. The Bertz CT molecular complexity index is 967. The van der Waals surface area contributed by atoms with E-state index in [1.54, 1.807) is 0 Å². The number of nitrogens with zero attached hydrogens (tertiary/aromatic N) is 1. The van der Waals surface area contributed by atoms with Crippen LogP contribution in [0.2, 0.25) is 0 Å². The van der Waals surface area contributed by atoms with E-state index in [2.05, 4.69) is 37.3 Å². The van der Waals surface area contributed by atoms with Crippen LogP contribution >= 0.6 is 0 Å². The van der Waals surface area contributed by atoms with Crippen molar-refractivity contribution in [1.82, 2.24) is 4.90 Å². The molecule has 0 aromatic carbocycles. The molecule has 1 atom stereocenters. The fourth-order valence-corrected chi connectivity index (χ4v) is 6.93. The van der Waals surface area contributed by atoms with Crippen LogP contribution < -0.4 is 0 Å². The third-order valence-electron chi connectivity index (χ3n) is 10.6. The molecule has 0 N–H and O–H groups in total. The summed E-state index contributed by atoms with van der Waals surface area (Å²) in [6.07, 6.45) is 16.3. The maximum absolute atomic E-state index is 13.1. The fraction of sp³-hybridized carbons (Fsp3) is 0.907. The average Bonchev–Trinajstić information content (AvgIpc) is 3.16. The Hall–Kier alpha value is -2.24. The van der Waals surface area contributed by atoms with Gasteiger partial charge in [0.25, 0.3) is 0 Å². The van der Waals surface area contributed by atoms with E-state index in [0.717, 1.165) is 96.6 Å². The third-order valence-corrected chi connectivity index (χ3v) is 10.6. The molecule has 0 bridgehead atoms. The summed E-state index contributed by atoms with van der Waals surface area (Å²) < 4.78 is 34.4. The molecule has 0 radical (unpaired) electrons. The molecule has 1 rings (SSSR count). The van der Waals surface area contributed by atoms with Crippen molar-refractivity contribution in [2.24, 2.45) is 23.2 Å². The number of piperidine rings is 1. The molecule has 1 unspecified atom stereocenters. The number of unbranched alkanes of at least 4 members (excludes halogenated alkanes) is 4. The van der Waals surface area contributed by atoms with E-state index in [-0.39, 0.29) is 62.8 Å². The number of ether oxygens (including phenoxy) is 6.